The Kier molecular flexibility index (Phi) is 3.92. The summed E-state index contributed by atoms with van der Waals surface area (Å²) in [7, 11) is -1.14. The maximum absolute atomic E-state index is 5.79. The number of hydrogen-bond donors (Lipinski definition) is 0. The molecule has 2 rings (SSSR count). The first-order chi connectivity index (χ1) is 7.33. The van der Waals surface area contributed by atoms with Crippen molar-refractivity contribution >= 4 is 8.60 Å². The molecule has 1 fully saturated rings. The Bertz CT molecular complexity index is 254. The van der Waals surface area contributed by atoms with Crippen molar-refractivity contribution in [2.45, 2.75) is 32.0 Å². The maximum atomic E-state index is 5.79. The second kappa shape index (κ2) is 5.22. The van der Waals surface area contributed by atoms with Crippen molar-refractivity contribution in [3.63, 3.8) is 0 Å². The van der Waals surface area contributed by atoms with E-state index in [1.54, 1.807) is 0 Å². The Balaban J connectivity index is 2.03. The van der Waals surface area contributed by atoms with Crippen molar-refractivity contribution in [2.24, 2.45) is 5.92 Å². The molecule has 2 bridgehead atoms. The van der Waals surface area contributed by atoms with Gasteiger partial charge in [-0.25, -0.2) is 0 Å². The largest absolute Gasteiger partial charge is 0.333 e. The molecule has 2 heterocycles. The minimum Gasteiger partial charge on any atom is -0.308 e. The van der Waals surface area contributed by atoms with E-state index in [1.807, 2.05) is 12.2 Å². The molecule has 0 radical (unpaired) electrons. The summed E-state index contributed by atoms with van der Waals surface area (Å²) in [6, 6.07) is 0. The fraction of sp³-hybridized carbons (Fsp3) is 0.636. The van der Waals surface area contributed by atoms with Crippen molar-refractivity contribution < 1.29 is 13.6 Å². The SMILES string of the molecule is C=CC(CC)[C@H]1C[C@@H]2C=CCOP(O2)O1. The molecule has 0 aliphatic carbocycles. The third kappa shape index (κ3) is 2.67. The van der Waals surface area contributed by atoms with Crippen LogP contribution in [0.2, 0.25) is 0 Å². The van der Waals surface area contributed by atoms with Crippen LogP contribution in [0, 0.1) is 5.92 Å². The maximum Gasteiger partial charge on any atom is 0.333 e. The third-order valence-corrected chi connectivity index (χ3v) is 4.03. The Morgan fingerprint density at radius 3 is 3.20 bits per heavy atom. The molecule has 0 saturated carbocycles. The predicted molar refractivity (Wildman–Crippen MR) is 60.4 cm³/mol. The van der Waals surface area contributed by atoms with Crippen LogP contribution >= 0.6 is 8.60 Å². The molecule has 3 nitrogen and oxygen atoms in total. The van der Waals surface area contributed by atoms with Crippen LogP contribution < -0.4 is 0 Å². The smallest absolute Gasteiger partial charge is 0.308 e. The van der Waals surface area contributed by atoms with Crippen molar-refractivity contribution in [2.75, 3.05) is 6.61 Å². The van der Waals surface area contributed by atoms with E-state index in [1.165, 1.54) is 0 Å². The van der Waals surface area contributed by atoms with Gasteiger partial charge in [-0.2, -0.15) is 0 Å². The lowest BCUT2D eigenvalue weighted by Gasteiger charge is -2.34. The van der Waals surface area contributed by atoms with Gasteiger partial charge in [0.2, 0.25) is 0 Å². The van der Waals surface area contributed by atoms with Crippen LogP contribution in [-0.2, 0) is 13.6 Å². The summed E-state index contributed by atoms with van der Waals surface area (Å²) in [5.41, 5.74) is 0. The van der Waals surface area contributed by atoms with Crippen molar-refractivity contribution in [1.29, 1.82) is 0 Å². The normalized spacial score (nSPS) is 37.0. The highest BCUT2D eigenvalue weighted by atomic mass is 31.2. The van der Waals surface area contributed by atoms with Gasteiger partial charge in [0.1, 0.15) is 0 Å². The number of hydrogen-bond acceptors (Lipinski definition) is 3. The fourth-order valence-electron chi connectivity index (χ4n) is 1.88. The van der Waals surface area contributed by atoms with Crippen LogP contribution in [0.5, 0.6) is 0 Å². The van der Waals surface area contributed by atoms with Crippen LogP contribution in [0.4, 0.5) is 0 Å². The standard InChI is InChI=1S/C11H17O3P/c1-3-9(4-2)11-8-10-6-5-7-12-15(13-10)14-11/h3,5-6,9-11H,1,4,7-8H2,2H3/t9?,10-,11+,15?/m0/s1. The summed E-state index contributed by atoms with van der Waals surface area (Å²) in [4.78, 5) is 0. The minimum atomic E-state index is -1.14. The predicted octanol–water partition coefficient (Wildman–Crippen LogP) is 3.19. The summed E-state index contributed by atoms with van der Waals surface area (Å²) < 4.78 is 16.8. The lowest BCUT2D eigenvalue weighted by atomic mass is 9.95. The summed E-state index contributed by atoms with van der Waals surface area (Å²) in [5, 5.41) is 0. The average molecular weight is 228 g/mol. The molecule has 15 heavy (non-hydrogen) atoms. The molecule has 0 aromatic rings. The van der Waals surface area contributed by atoms with Crippen molar-refractivity contribution in [1.82, 2.24) is 0 Å². The topological polar surface area (TPSA) is 27.7 Å². The van der Waals surface area contributed by atoms with Gasteiger partial charge in [0.15, 0.2) is 0 Å². The molecule has 0 amide bonds. The highest BCUT2D eigenvalue weighted by molar-refractivity contribution is 7.41. The summed E-state index contributed by atoms with van der Waals surface area (Å²) in [6.07, 6.45) is 8.37. The molecular formula is C11H17O3P. The van der Waals surface area contributed by atoms with E-state index in [2.05, 4.69) is 19.6 Å². The first-order valence-electron chi connectivity index (χ1n) is 5.39. The molecule has 0 aromatic carbocycles. The van der Waals surface area contributed by atoms with Gasteiger partial charge in [-0.15, -0.1) is 6.58 Å². The van der Waals surface area contributed by atoms with Gasteiger partial charge in [0.05, 0.1) is 18.8 Å². The second-order valence-electron chi connectivity index (χ2n) is 3.78. The van der Waals surface area contributed by atoms with Gasteiger partial charge in [-0.05, 0) is 6.42 Å². The zero-order valence-corrected chi connectivity index (χ0v) is 9.86. The van der Waals surface area contributed by atoms with Gasteiger partial charge in [0, 0.05) is 12.3 Å². The highest BCUT2D eigenvalue weighted by Crippen LogP contribution is 2.50. The molecule has 0 aromatic heterocycles. The Hall–Kier alpha value is -0.210. The molecular weight excluding hydrogens is 211 g/mol. The molecule has 1 saturated heterocycles. The zero-order valence-electron chi connectivity index (χ0n) is 8.96. The fourth-order valence-corrected chi connectivity index (χ4v) is 3.10. The summed E-state index contributed by atoms with van der Waals surface area (Å²) in [5.74, 6) is 0.400. The first-order valence-corrected chi connectivity index (χ1v) is 6.48. The quantitative estimate of drug-likeness (QED) is 0.548. The van der Waals surface area contributed by atoms with Gasteiger partial charge in [-0.1, -0.05) is 25.2 Å². The van der Waals surface area contributed by atoms with Crippen LogP contribution in [0.1, 0.15) is 19.8 Å². The van der Waals surface area contributed by atoms with E-state index in [-0.39, 0.29) is 12.2 Å². The van der Waals surface area contributed by atoms with E-state index in [4.69, 9.17) is 13.6 Å². The molecule has 0 spiro atoms. The van der Waals surface area contributed by atoms with E-state index in [0.717, 1.165) is 12.8 Å². The van der Waals surface area contributed by atoms with Crippen LogP contribution in [-0.4, -0.2) is 18.8 Å². The molecule has 84 valence electrons. The zero-order chi connectivity index (χ0) is 10.7. The van der Waals surface area contributed by atoms with E-state index < -0.39 is 8.60 Å². The van der Waals surface area contributed by atoms with Gasteiger partial charge in [0.25, 0.3) is 0 Å². The van der Waals surface area contributed by atoms with E-state index >= 15 is 0 Å². The Morgan fingerprint density at radius 2 is 2.47 bits per heavy atom. The minimum absolute atomic E-state index is 0.159. The number of fused-ring (bicyclic) bond motifs is 2. The molecule has 4 heteroatoms. The van der Waals surface area contributed by atoms with Crippen LogP contribution in [0.15, 0.2) is 24.8 Å². The molecule has 2 aliphatic rings. The monoisotopic (exact) mass is 228 g/mol. The summed E-state index contributed by atoms with van der Waals surface area (Å²) in [6.45, 7) is 6.60. The first kappa shape index (κ1) is 11.3. The molecule has 4 atom stereocenters. The molecule has 2 unspecified atom stereocenters. The Morgan fingerprint density at radius 1 is 1.60 bits per heavy atom. The summed E-state index contributed by atoms with van der Waals surface area (Å²) >= 11 is 0. The van der Waals surface area contributed by atoms with E-state index in [9.17, 15) is 0 Å². The van der Waals surface area contributed by atoms with Gasteiger partial charge < -0.3 is 13.6 Å². The molecule has 2 aliphatic heterocycles. The lowest BCUT2D eigenvalue weighted by molar-refractivity contribution is 0.0226. The highest BCUT2D eigenvalue weighted by Gasteiger charge is 2.34. The van der Waals surface area contributed by atoms with E-state index in [0.29, 0.717) is 12.5 Å². The average Bonchev–Trinajstić information content (AvgIpc) is 2.41. The van der Waals surface area contributed by atoms with Crippen LogP contribution in [0.3, 0.4) is 0 Å². The Labute approximate surface area is 92.1 Å². The lowest BCUT2D eigenvalue weighted by Crippen LogP contribution is -2.30. The molecule has 0 N–H and O–H groups in total. The third-order valence-electron chi connectivity index (χ3n) is 2.79. The van der Waals surface area contributed by atoms with Gasteiger partial charge >= 0.3 is 8.60 Å². The van der Waals surface area contributed by atoms with Crippen molar-refractivity contribution in [3.8, 4) is 0 Å². The second-order valence-corrected chi connectivity index (χ2v) is 4.91. The van der Waals surface area contributed by atoms with Gasteiger partial charge in [-0.3, -0.25) is 0 Å². The van der Waals surface area contributed by atoms with Crippen molar-refractivity contribution in [3.05, 3.63) is 24.8 Å². The number of rotatable bonds is 3. The van der Waals surface area contributed by atoms with Crippen LogP contribution in [0.25, 0.3) is 0 Å².